The molecular weight excluding hydrogens is 328 g/mol. The first-order valence-electron chi connectivity index (χ1n) is 7.64. The summed E-state index contributed by atoms with van der Waals surface area (Å²) in [6, 6.07) is 3.88. The average Bonchev–Trinajstić information content (AvgIpc) is 2.35. The SMILES string of the molecule is CC(C)(C)OC(=O)Nc1ccc(C(=O)O)cc1NC(=O)OC(C)(C)C. The van der Waals surface area contributed by atoms with E-state index in [-0.39, 0.29) is 16.9 Å². The van der Waals surface area contributed by atoms with Gasteiger partial charge in [-0.1, -0.05) is 0 Å². The summed E-state index contributed by atoms with van der Waals surface area (Å²) in [5, 5.41) is 14.0. The Morgan fingerprint density at radius 3 is 1.68 bits per heavy atom. The molecule has 0 aliphatic rings. The maximum absolute atomic E-state index is 12.0. The van der Waals surface area contributed by atoms with E-state index in [0.29, 0.717) is 0 Å². The number of nitrogens with one attached hydrogen (secondary N) is 2. The van der Waals surface area contributed by atoms with Gasteiger partial charge in [0.1, 0.15) is 11.2 Å². The largest absolute Gasteiger partial charge is 0.478 e. The lowest BCUT2D eigenvalue weighted by atomic mass is 10.1. The van der Waals surface area contributed by atoms with Crippen LogP contribution in [0.25, 0.3) is 0 Å². The summed E-state index contributed by atoms with van der Waals surface area (Å²) < 4.78 is 10.3. The molecular formula is C17H24N2O6. The molecule has 1 aromatic rings. The Morgan fingerprint density at radius 2 is 1.28 bits per heavy atom. The van der Waals surface area contributed by atoms with Gasteiger partial charge in [-0.3, -0.25) is 10.6 Å². The van der Waals surface area contributed by atoms with Crippen molar-refractivity contribution in [2.45, 2.75) is 52.7 Å². The Balaban J connectivity index is 3.05. The number of hydrogen-bond acceptors (Lipinski definition) is 5. The zero-order valence-corrected chi connectivity index (χ0v) is 15.2. The summed E-state index contributed by atoms with van der Waals surface area (Å²) >= 11 is 0. The van der Waals surface area contributed by atoms with E-state index < -0.39 is 29.4 Å². The Labute approximate surface area is 146 Å². The van der Waals surface area contributed by atoms with E-state index in [1.165, 1.54) is 18.2 Å². The smallest absolute Gasteiger partial charge is 0.412 e. The summed E-state index contributed by atoms with van der Waals surface area (Å²) in [5.74, 6) is -1.17. The van der Waals surface area contributed by atoms with Crippen molar-refractivity contribution in [2.24, 2.45) is 0 Å². The van der Waals surface area contributed by atoms with E-state index >= 15 is 0 Å². The number of carbonyl (C=O) groups excluding carboxylic acids is 2. The van der Waals surface area contributed by atoms with Crippen LogP contribution in [0.4, 0.5) is 21.0 Å². The van der Waals surface area contributed by atoms with E-state index in [2.05, 4.69) is 10.6 Å². The minimum absolute atomic E-state index is 0.0548. The van der Waals surface area contributed by atoms with Crippen molar-refractivity contribution in [1.82, 2.24) is 0 Å². The van der Waals surface area contributed by atoms with Crippen molar-refractivity contribution in [3.8, 4) is 0 Å². The molecule has 0 aromatic heterocycles. The molecule has 25 heavy (non-hydrogen) atoms. The molecule has 1 aromatic carbocycles. The highest BCUT2D eigenvalue weighted by atomic mass is 16.6. The number of carboxylic acid groups (broad SMARTS) is 1. The van der Waals surface area contributed by atoms with E-state index in [9.17, 15) is 14.4 Å². The molecule has 0 bridgehead atoms. The standard InChI is InChI=1S/C17H24N2O6/c1-16(2,3)24-14(22)18-11-8-7-10(13(20)21)9-12(11)19-15(23)25-17(4,5)6/h7-9H,1-6H3,(H,18,22)(H,19,23)(H,20,21). The van der Waals surface area contributed by atoms with Crippen LogP contribution in [-0.4, -0.2) is 34.5 Å². The molecule has 8 heteroatoms. The first-order chi connectivity index (χ1) is 11.3. The van der Waals surface area contributed by atoms with Crippen molar-refractivity contribution >= 4 is 29.5 Å². The molecule has 0 heterocycles. The highest BCUT2D eigenvalue weighted by Crippen LogP contribution is 2.25. The van der Waals surface area contributed by atoms with E-state index in [1.54, 1.807) is 41.5 Å². The first kappa shape index (κ1) is 20.3. The molecule has 0 saturated carbocycles. The molecule has 2 amide bonds. The predicted octanol–water partition coefficient (Wildman–Crippen LogP) is 4.08. The van der Waals surface area contributed by atoms with Crippen molar-refractivity contribution in [3.63, 3.8) is 0 Å². The minimum Gasteiger partial charge on any atom is -0.478 e. The molecule has 0 atom stereocenters. The number of anilines is 2. The number of amides is 2. The summed E-state index contributed by atoms with van der Waals surface area (Å²) in [5.41, 5.74) is -1.22. The first-order valence-corrected chi connectivity index (χ1v) is 7.64. The van der Waals surface area contributed by atoms with Gasteiger partial charge in [0, 0.05) is 0 Å². The van der Waals surface area contributed by atoms with Gasteiger partial charge in [0.2, 0.25) is 0 Å². The van der Waals surface area contributed by atoms with Gasteiger partial charge in [-0.2, -0.15) is 0 Å². The maximum atomic E-state index is 12.0. The predicted molar refractivity (Wildman–Crippen MR) is 93.1 cm³/mol. The second-order valence-electron chi connectivity index (χ2n) is 7.32. The van der Waals surface area contributed by atoms with Crippen LogP contribution in [0.2, 0.25) is 0 Å². The van der Waals surface area contributed by atoms with Crippen molar-refractivity contribution in [3.05, 3.63) is 23.8 Å². The fraction of sp³-hybridized carbons (Fsp3) is 0.471. The molecule has 0 radical (unpaired) electrons. The Morgan fingerprint density at radius 1 is 0.840 bits per heavy atom. The lowest BCUT2D eigenvalue weighted by Crippen LogP contribution is -2.29. The monoisotopic (exact) mass is 352 g/mol. The van der Waals surface area contributed by atoms with Crippen LogP contribution < -0.4 is 10.6 Å². The highest BCUT2D eigenvalue weighted by molar-refractivity contribution is 5.98. The zero-order valence-electron chi connectivity index (χ0n) is 15.2. The van der Waals surface area contributed by atoms with Gasteiger partial charge in [-0.15, -0.1) is 0 Å². The van der Waals surface area contributed by atoms with Gasteiger partial charge < -0.3 is 14.6 Å². The fourth-order valence-corrected chi connectivity index (χ4v) is 1.72. The van der Waals surface area contributed by atoms with Crippen LogP contribution in [0.15, 0.2) is 18.2 Å². The molecule has 138 valence electrons. The quantitative estimate of drug-likeness (QED) is 0.755. The molecule has 3 N–H and O–H groups in total. The Hall–Kier alpha value is -2.77. The summed E-state index contributed by atoms with van der Waals surface area (Å²) in [7, 11) is 0. The summed E-state index contributed by atoms with van der Waals surface area (Å²) in [6.45, 7) is 10.2. The van der Waals surface area contributed by atoms with Gasteiger partial charge in [0.25, 0.3) is 0 Å². The Bertz CT molecular complexity index is 671. The average molecular weight is 352 g/mol. The molecule has 0 unspecified atom stereocenters. The van der Waals surface area contributed by atoms with E-state index in [1.807, 2.05) is 0 Å². The van der Waals surface area contributed by atoms with Gasteiger partial charge in [-0.05, 0) is 59.7 Å². The van der Waals surface area contributed by atoms with Crippen LogP contribution in [0.5, 0.6) is 0 Å². The number of aromatic carboxylic acids is 1. The van der Waals surface area contributed by atoms with E-state index in [4.69, 9.17) is 14.6 Å². The second-order valence-corrected chi connectivity index (χ2v) is 7.32. The van der Waals surface area contributed by atoms with Gasteiger partial charge >= 0.3 is 18.2 Å². The third-order valence-electron chi connectivity index (χ3n) is 2.54. The van der Waals surface area contributed by atoms with Gasteiger partial charge in [0.15, 0.2) is 0 Å². The zero-order chi connectivity index (χ0) is 19.4. The second kappa shape index (κ2) is 7.42. The highest BCUT2D eigenvalue weighted by Gasteiger charge is 2.21. The van der Waals surface area contributed by atoms with Crippen LogP contribution in [0.3, 0.4) is 0 Å². The number of carboxylic acids is 1. The van der Waals surface area contributed by atoms with Crippen molar-refractivity contribution < 1.29 is 29.0 Å². The molecule has 0 aliphatic carbocycles. The number of ether oxygens (including phenoxy) is 2. The lowest BCUT2D eigenvalue weighted by molar-refractivity contribution is 0.0620. The number of carbonyl (C=O) groups is 3. The fourth-order valence-electron chi connectivity index (χ4n) is 1.72. The van der Waals surface area contributed by atoms with Gasteiger partial charge in [0.05, 0.1) is 16.9 Å². The van der Waals surface area contributed by atoms with Crippen molar-refractivity contribution in [2.75, 3.05) is 10.6 Å². The van der Waals surface area contributed by atoms with Gasteiger partial charge in [-0.25, -0.2) is 14.4 Å². The van der Waals surface area contributed by atoms with Crippen LogP contribution >= 0.6 is 0 Å². The summed E-state index contributed by atoms with van der Waals surface area (Å²) in [4.78, 5) is 35.0. The summed E-state index contributed by atoms with van der Waals surface area (Å²) in [6.07, 6.45) is -1.51. The number of rotatable bonds is 3. The number of benzene rings is 1. The molecule has 0 fully saturated rings. The van der Waals surface area contributed by atoms with Crippen molar-refractivity contribution in [1.29, 1.82) is 0 Å². The van der Waals surface area contributed by atoms with E-state index in [0.717, 1.165) is 0 Å². The maximum Gasteiger partial charge on any atom is 0.412 e. The lowest BCUT2D eigenvalue weighted by Gasteiger charge is -2.22. The number of hydrogen-bond donors (Lipinski definition) is 3. The molecule has 0 aliphatic heterocycles. The molecule has 1 rings (SSSR count). The van der Waals surface area contributed by atoms with Crippen LogP contribution in [0.1, 0.15) is 51.9 Å². The van der Waals surface area contributed by atoms with Crippen LogP contribution in [-0.2, 0) is 9.47 Å². The topological polar surface area (TPSA) is 114 Å². The normalized spacial score (nSPS) is 11.4. The molecule has 8 nitrogen and oxygen atoms in total. The molecule has 0 spiro atoms. The molecule has 0 saturated heterocycles. The third-order valence-corrected chi connectivity index (χ3v) is 2.54. The Kier molecular flexibility index (Phi) is 6.01. The van der Waals surface area contributed by atoms with Crippen LogP contribution in [0, 0.1) is 0 Å². The minimum atomic E-state index is -1.17. The third kappa shape index (κ3) is 7.56.